The van der Waals surface area contributed by atoms with Crippen molar-refractivity contribution in [3.63, 3.8) is 0 Å². The van der Waals surface area contributed by atoms with Crippen molar-refractivity contribution in [1.82, 2.24) is 19.7 Å². The van der Waals surface area contributed by atoms with Gasteiger partial charge in [0.25, 0.3) is 0 Å². The molecule has 0 aliphatic heterocycles. The molecule has 3 unspecified atom stereocenters. The molecule has 0 aromatic carbocycles. The number of rotatable bonds is 6. The monoisotopic (exact) mass is 380 g/mol. The second-order valence-corrected chi connectivity index (χ2v) is 8.68. The van der Waals surface area contributed by atoms with Crippen molar-refractivity contribution in [2.45, 2.75) is 70.8 Å². The number of aliphatic hydroxyl groups excluding tert-OH is 1. The fraction of sp³-hybridized carbons (Fsp3) is 0.609. The van der Waals surface area contributed by atoms with Crippen LogP contribution in [0.15, 0.2) is 30.1 Å². The third-order valence-electron chi connectivity index (χ3n) is 6.47. The Labute approximate surface area is 167 Å². The Morgan fingerprint density at radius 2 is 1.93 bits per heavy atom. The van der Waals surface area contributed by atoms with Crippen molar-refractivity contribution >= 4 is 0 Å². The molecule has 2 heterocycles. The summed E-state index contributed by atoms with van der Waals surface area (Å²) < 4.78 is 1.79. The minimum Gasteiger partial charge on any atom is -0.387 e. The molecule has 0 saturated heterocycles. The number of allylic oxidation sites excluding steroid dienone is 2. The molecular weight excluding hydrogens is 348 g/mol. The van der Waals surface area contributed by atoms with Gasteiger partial charge >= 0.3 is 0 Å². The zero-order valence-electron chi connectivity index (χ0n) is 17.3. The molecule has 5 heteroatoms. The van der Waals surface area contributed by atoms with Gasteiger partial charge in [-0.05, 0) is 56.4 Å². The van der Waals surface area contributed by atoms with Gasteiger partial charge in [-0.2, -0.15) is 5.10 Å². The van der Waals surface area contributed by atoms with Crippen molar-refractivity contribution in [1.29, 1.82) is 0 Å². The summed E-state index contributed by atoms with van der Waals surface area (Å²) in [7, 11) is 1.90. The Morgan fingerprint density at radius 1 is 1.18 bits per heavy atom. The average Bonchev–Trinajstić information content (AvgIpc) is 3.50. The maximum atomic E-state index is 10.7. The van der Waals surface area contributed by atoms with Crippen LogP contribution in [0.1, 0.15) is 82.3 Å². The van der Waals surface area contributed by atoms with Gasteiger partial charge < -0.3 is 5.11 Å². The van der Waals surface area contributed by atoms with Crippen LogP contribution in [0.5, 0.6) is 0 Å². The Balaban J connectivity index is 1.58. The predicted octanol–water partition coefficient (Wildman–Crippen LogP) is 4.95. The van der Waals surface area contributed by atoms with E-state index in [4.69, 9.17) is 4.98 Å². The second kappa shape index (κ2) is 8.16. The van der Waals surface area contributed by atoms with Gasteiger partial charge in [-0.25, -0.2) is 9.97 Å². The van der Waals surface area contributed by atoms with E-state index in [1.807, 2.05) is 25.5 Å². The second-order valence-electron chi connectivity index (χ2n) is 8.68. The van der Waals surface area contributed by atoms with Crippen LogP contribution in [-0.2, 0) is 7.05 Å². The highest BCUT2D eigenvalue weighted by Gasteiger charge is 2.34. The van der Waals surface area contributed by atoms with Crippen molar-refractivity contribution in [2.24, 2.45) is 18.9 Å². The highest BCUT2D eigenvalue weighted by molar-refractivity contribution is 5.61. The topological polar surface area (TPSA) is 63.8 Å². The van der Waals surface area contributed by atoms with Crippen LogP contribution in [0.25, 0.3) is 11.3 Å². The predicted molar refractivity (Wildman–Crippen MR) is 111 cm³/mol. The molecule has 2 saturated carbocycles. The normalized spacial score (nSPS) is 20.6. The summed E-state index contributed by atoms with van der Waals surface area (Å²) in [5.74, 6) is 1.89. The summed E-state index contributed by atoms with van der Waals surface area (Å²) in [6.45, 7) is 4.49. The van der Waals surface area contributed by atoms with Gasteiger partial charge in [0, 0.05) is 24.7 Å². The fourth-order valence-electron chi connectivity index (χ4n) is 4.30. The lowest BCUT2D eigenvalue weighted by atomic mass is 9.87. The largest absolute Gasteiger partial charge is 0.387 e. The van der Waals surface area contributed by atoms with Gasteiger partial charge in [0.05, 0.1) is 23.7 Å². The van der Waals surface area contributed by atoms with Crippen molar-refractivity contribution < 1.29 is 5.11 Å². The molecule has 28 heavy (non-hydrogen) atoms. The molecule has 0 spiro atoms. The molecule has 0 bridgehead atoms. The lowest BCUT2D eigenvalue weighted by molar-refractivity contribution is 0.145. The zero-order chi connectivity index (χ0) is 19.7. The smallest absolute Gasteiger partial charge is 0.132 e. The zero-order valence-corrected chi connectivity index (χ0v) is 17.3. The first kappa shape index (κ1) is 19.3. The van der Waals surface area contributed by atoms with Crippen LogP contribution in [0.4, 0.5) is 0 Å². The van der Waals surface area contributed by atoms with E-state index in [0.717, 1.165) is 35.6 Å². The van der Waals surface area contributed by atoms with Crippen LogP contribution >= 0.6 is 0 Å². The number of hydrogen-bond donors (Lipinski definition) is 1. The lowest BCUT2D eigenvalue weighted by Crippen LogP contribution is -2.11. The van der Waals surface area contributed by atoms with E-state index >= 15 is 0 Å². The van der Waals surface area contributed by atoms with Gasteiger partial charge in [0.15, 0.2) is 0 Å². The van der Waals surface area contributed by atoms with E-state index < -0.39 is 6.10 Å². The van der Waals surface area contributed by atoms with Crippen LogP contribution in [-0.4, -0.2) is 24.9 Å². The van der Waals surface area contributed by atoms with Crippen LogP contribution < -0.4 is 0 Å². The fourth-order valence-corrected chi connectivity index (χ4v) is 4.30. The van der Waals surface area contributed by atoms with E-state index in [-0.39, 0.29) is 5.92 Å². The third-order valence-corrected chi connectivity index (χ3v) is 6.47. The number of aryl methyl sites for hydroxylation is 1. The summed E-state index contributed by atoms with van der Waals surface area (Å²) in [6.07, 6.45) is 14.3. The average molecular weight is 381 g/mol. The summed E-state index contributed by atoms with van der Waals surface area (Å²) in [6, 6.07) is 1.93. The van der Waals surface area contributed by atoms with Gasteiger partial charge in [-0.15, -0.1) is 0 Å². The molecule has 3 atom stereocenters. The van der Waals surface area contributed by atoms with E-state index in [9.17, 15) is 5.11 Å². The molecule has 0 radical (unpaired) electrons. The van der Waals surface area contributed by atoms with Gasteiger partial charge in [-0.1, -0.05) is 31.9 Å². The number of aliphatic hydroxyl groups is 1. The SMILES string of the molecule is CC(C=C1CCCCC1)C(C)c1nccc(-c2cnn(C)c2C(O)C2CC2)n1. The van der Waals surface area contributed by atoms with E-state index in [1.54, 1.807) is 10.3 Å². The highest BCUT2D eigenvalue weighted by atomic mass is 16.3. The summed E-state index contributed by atoms with van der Waals surface area (Å²) in [5, 5.41) is 15.1. The standard InChI is InChI=1S/C23H32N4O/c1-15(13-17-7-5-4-6-8-17)16(2)23-24-12-11-20(26-23)19-14-25-27(3)21(19)22(28)18-9-10-18/h11-16,18,22,28H,4-10H2,1-3H3. The molecule has 5 nitrogen and oxygen atoms in total. The van der Waals surface area contributed by atoms with Crippen LogP contribution in [0.2, 0.25) is 0 Å². The highest BCUT2D eigenvalue weighted by Crippen LogP contribution is 2.43. The van der Waals surface area contributed by atoms with Gasteiger partial charge in [-0.3, -0.25) is 4.68 Å². The van der Waals surface area contributed by atoms with Gasteiger partial charge in [0.2, 0.25) is 0 Å². The minimum atomic E-state index is -0.465. The van der Waals surface area contributed by atoms with Crippen molar-refractivity contribution in [3.05, 3.63) is 41.6 Å². The Kier molecular flexibility index (Phi) is 5.63. The minimum absolute atomic E-state index is 0.253. The molecule has 1 N–H and O–H groups in total. The summed E-state index contributed by atoms with van der Waals surface area (Å²) in [4.78, 5) is 9.47. The Morgan fingerprint density at radius 3 is 2.64 bits per heavy atom. The molecule has 2 aromatic rings. The van der Waals surface area contributed by atoms with Crippen molar-refractivity contribution in [3.8, 4) is 11.3 Å². The van der Waals surface area contributed by atoms with E-state index in [1.165, 1.54) is 32.1 Å². The van der Waals surface area contributed by atoms with E-state index in [2.05, 4.69) is 30.0 Å². The van der Waals surface area contributed by atoms with Crippen molar-refractivity contribution in [2.75, 3.05) is 0 Å². The van der Waals surface area contributed by atoms with Gasteiger partial charge in [0.1, 0.15) is 5.82 Å². The molecule has 2 aromatic heterocycles. The Bertz CT molecular complexity index is 844. The first-order valence-electron chi connectivity index (χ1n) is 10.8. The quantitative estimate of drug-likeness (QED) is 0.720. The number of nitrogens with zero attached hydrogens (tertiary/aromatic N) is 4. The first-order valence-corrected chi connectivity index (χ1v) is 10.8. The molecule has 4 rings (SSSR count). The molecular formula is C23H32N4O. The lowest BCUT2D eigenvalue weighted by Gasteiger charge is -2.20. The van der Waals surface area contributed by atoms with Crippen LogP contribution in [0, 0.1) is 11.8 Å². The Hall–Kier alpha value is -2.01. The molecule has 0 amide bonds. The molecule has 150 valence electrons. The summed E-state index contributed by atoms with van der Waals surface area (Å²) in [5.41, 5.74) is 4.26. The maximum absolute atomic E-state index is 10.7. The first-order chi connectivity index (χ1) is 13.5. The number of aromatic nitrogens is 4. The number of hydrogen-bond acceptors (Lipinski definition) is 4. The molecule has 2 aliphatic rings. The summed E-state index contributed by atoms with van der Waals surface area (Å²) >= 11 is 0. The van der Waals surface area contributed by atoms with Crippen LogP contribution in [0.3, 0.4) is 0 Å². The molecule has 2 fully saturated rings. The van der Waals surface area contributed by atoms with E-state index in [0.29, 0.717) is 11.8 Å². The molecule has 2 aliphatic carbocycles. The third kappa shape index (κ3) is 4.04. The maximum Gasteiger partial charge on any atom is 0.132 e.